The number of hydrogen-bond acceptors (Lipinski definition) is 4. The lowest BCUT2D eigenvalue weighted by molar-refractivity contribution is 0.0938. The molecule has 0 aliphatic heterocycles. The molecule has 3 rings (SSSR count). The predicted molar refractivity (Wildman–Crippen MR) is 87.1 cm³/mol. The maximum absolute atomic E-state index is 12.3. The lowest BCUT2D eigenvalue weighted by Crippen LogP contribution is -2.30. The van der Waals surface area contributed by atoms with Crippen LogP contribution in [-0.4, -0.2) is 15.9 Å². The molecule has 22 heavy (non-hydrogen) atoms. The highest BCUT2D eigenvalue weighted by molar-refractivity contribution is 7.07. The van der Waals surface area contributed by atoms with Crippen molar-refractivity contribution in [1.82, 2.24) is 15.3 Å². The Morgan fingerprint density at radius 2 is 2.09 bits per heavy atom. The Balaban J connectivity index is 1.95. The van der Waals surface area contributed by atoms with Gasteiger partial charge in [0.2, 0.25) is 0 Å². The monoisotopic (exact) mass is 329 g/mol. The van der Waals surface area contributed by atoms with Crippen LogP contribution < -0.4 is 5.32 Å². The third-order valence-corrected chi connectivity index (χ3v) is 3.93. The number of amides is 1. The van der Waals surface area contributed by atoms with Gasteiger partial charge in [0, 0.05) is 16.6 Å². The van der Waals surface area contributed by atoms with Crippen molar-refractivity contribution in [3.8, 4) is 0 Å². The predicted octanol–water partition coefficient (Wildman–Crippen LogP) is 3.71. The molecule has 0 saturated carbocycles. The second-order valence-corrected chi connectivity index (χ2v) is 5.74. The molecule has 1 amide bonds. The molecule has 110 valence electrons. The Morgan fingerprint density at radius 3 is 2.77 bits per heavy atom. The molecular formula is C16H12ClN3OS. The number of rotatable bonds is 4. The van der Waals surface area contributed by atoms with Crippen molar-refractivity contribution in [2.75, 3.05) is 0 Å². The first-order valence-corrected chi connectivity index (χ1v) is 7.91. The molecule has 6 heteroatoms. The second-order valence-electron chi connectivity index (χ2n) is 4.59. The SMILES string of the molecule is O=C(N[C@H](c1cccc(Cl)c1)c1ccccn1)c1cscn1. The number of aromatic nitrogens is 2. The van der Waals surface area contributed by atoms with Crippen LogP contribution in [0.15, 0.2) is 59.6 Å². The average molecular weight is 330 g/mol. The van der Waals surface area contributed by atoms with Crippen LogP contribution in [0.3, 0.4) is 0 Å². The summed E-state index contributed by atoms with van der Waals surface area (Å²) in [6.45, 7) is 0. The minimum atomic E-state index is -0.380. The second kappa shape index (κ2) is 6.68. The van der Waals surface area contributed by atoms with E-state index in [0.29, 0.717) is 10.7 Å². The van der Waals surface area contributed by atoms with Crippen LogP contribution in [0, 0.1) is 0 Å². The van der Waals surface area contributed by atoms with E-state index < -0.39 is 0 Å². The van der Waals surface area contributed by atoms with Gasteiger partial charge in [-0.25, -0.2) is 4.98 Å². The molecule has 0 radical (unpaired) electrons. The summed E-state index contributed by atoms with van der Waals surface area (Å²) in [4.78, 5) is 20.7. The van der Waals surface area contributed by atoms with Gasteiger partial charge in [0.1, 0.15) is 5.69 Å². The van der Waals surface area contributed by atoms with Crippen molar-refractivity contribution < 1.29 is 4.79 Å². The number of halogens is 1. The molecule has 0 aliphatic rings. The van der Waals surface area contributed by atoms with E-state index >= 15 is 0 Å². The Morgan fingerprint density at radius 1 is 1.18 bits per heavy atom. The van der Waals surface area contributed by atoms with Crippen LogP contribution in [0.25, 0.3) is 0 Å². The third-order valence-electron chi connectivity index (χ3n) is 3.11. The number of nitrogens with zero attached hydrogens (tertiary/aromatic N) is 2. The largest absolute Gasteiger partial charge is 0.338 e. The number of benzene rings is 1. The van der Waals surface area contributed by atoms with Crippen LogP contribution in [0.2, 0.25) is 5.02 Å². The molecule has 0 spiro atoms. The quantitative estimate of drug-likeness (QED) is 0.793. The molecule has 0 fully saturated rings. The van der Waals surface area contributed by atoms with E-state index in [-0.39, 0.29) is 11.9 Å². The number of nitrogens with one attached hydrogen (secondary N) is 1. The summed E-state index contributed by atoms with van der Waals surface area (Å²) in [5.74, 6) is -0.239. The molecule has 2 aromatic heterocycles. The molecule has 0 unspecified atom stereocenters. The van der Waals surface area contributed by atoms with Crippen LogP contribution >= 0.6 is 22.9 Å². The van der Waals surface area contributed by atoms with Gasteiger partial charge in [-0.05, 0) is 29.8 Å². The van der Waals surface area contributed by atoms with Crippen LogP contribution in [0.4, 0.5) is 0 Å². The Kier molecular flexibility index (Phi) is 4.46. The lowest BCUT2D eigenvalue weighted by atomic mass is 10.0. The zero-order valence-electron chi connectivity index (χ0n) is 11.4. The maximum atomic E-state index is 12.3. The van der Waals surface area contributed by atoms with Gasteiger partial charge >= 0.3 is 0 Å². The van der Waals surface area contributed by atoms with Gasteiger partial charge in [-0.3, -0.25) is 9.78 Å². The molecule has 3 aromatic rings. The van der Waals surface area contributed by atoms with Crippen molar-refractivity contribution in [2.24, 2.45) is 0 Å². The number of hydrogen-bond donors (Lipinski definition) is 1. The molecule has 0 saturated heterocycles. The summed E-state index contributed by atoms with van der Waals surface area (Å²) >= 11 is 7.45. The van der Waals surface area contributed by atoms with Crippen molar-refractivity contribution in [3.63, 3.8) is 0 Å². The number of thiazole rings is 1. The van der Waals surface area contributed by atoms with Crippen molar-refractivity contribution in [3.05, 3.63) is 81.5 Å². The zero-order valence-corrected chi connectivity index (χ0v) is 13.0. The standard InChI is InChI=1S/C16H12ClN3OS/c17-12-5-3-4-11(8-12)15(13-6-1-2-7-18-13)20-16(21)14-9-22-10-19-14/h1-10,15H,(H,20,21)/t15-/m1/s1. The number of carbonyl (C=O) groups is 1. The van der Waals surface area contributed by atoms with Gasteiger partial charge in [0.15, 0.2) is 0 Å². The average Bonchev–Trinajstić information content (AvgIpc) is 3.08. The zero-order chi connectivity index (χ0) is 15.4. The van der Waals surface area contributed by atoms with Crippen molar-refractivity contribution in [2.45, 2.75) is 6.04 Å². The number of carbonyl (C=O) groups excluding carboxylic acids is 1. The summed E-state index contributed by atoms with van der Waals surface area (Å²) in [6.07, 6.45) is 1.70. The van der Waals surface area contributed by atoms with Crippen molar-refractivity contribution >= 4 is 28.8 Å². The van der Waals surface area contributed by atoms with E-state index in [2.05, 4.69) is 15.3 Å². The van der Waals surface area contributed by atoms with Gasteiger partial charge < -0.3 is 5.32 Å². The van der Waals surface area contributed by atoms with Crippen molar-refractivity contribution in [1.29, 1.82) is 0 Å². The van der Waals surface area contributed by atoms with Gasteiger partial charge in [0.25, 0.3) is 5.91 Å². The van der Waals surface area contributed by atoms with Crippen LogP contribution in [0.1, 0.15) is 27.8 Å². The maximum Gasteiger partial charge on any atom is 0.271 e. The summed E-state index contributed by atoms with van der Waals surface area (Å²) < 4.78 is 0. The fourth-order valence-corrected chi connectivity index (χ4v) is 2.82. The van der Waals surface area contributed by atoms with E-state index in [1.807, 2.05) is 36.4 Å². The highest BCUT2D eigenvalue weighted by atomic mass is 35.5. The minimum Gasteiger partial charge on any atom is -0.338 e. The summed E-state index contributed by atoms with van der Waals surface area (Å²) in [5, 5.41) is 5.29. The lowest BCUT2D eigenvalue weighted by Gasteiger charge is -2.18. The molecule has 1 N–H and O–H groups in total. The molecule has 1 atom stereocenters. The molecule has 2 heterocycles. The van der Waals surface area contributed by atoms with E-state index in [1.165, 1.54) is 11.3 Å². The van der Waals surface area contributed by atoms with Crippen LogP contribution in [-0.2, 0) is 0 Å². The van der Waals surface area contributed by atoms with Gasteiger partial charge in [0.05, 0.1) is 17.2 Å². The molecule has 1 aromatic carbocycles. The van der Waals surface area contributed by atoms with E-state index in [9.17, 15) is 4.79 Å². The Labute approximate surface area is 136 Å². The smallest absolute Gasteiger partial charge is 0.271 e. The van der Waals surface area contributed by atoms with E-state index in [4.69, 9.17) is 11.6 Å². The van der Waals surface area contributed by atoms with Gasteiger partial charge in [-0.15, -0.1) is 11.3 Å². The Bertz CT molecular complexity index is 762. The number of pyridine rings is 1. The summed E-state index contributed by atoms with van der Waals surface area (Å²) in [7, 11) is 0. The van der Waals surface area contributed by atoms with Crippen LogP contribution in [0.5, 0.6) is 0 Å². The highest BCUT2D eigenvalue weighted by Crippen LogP contribution is 2.23. The van der Waals surface area contributed by atoms with E-state index in [1.54, 1.807) is 23.2 Å². The highest BCUT2D eigenvalue weighted by Gasteiger charge is 2.20. The molecular weight excluding hydrogens is 318 g/mol. The van der Waals surface area contributed by atoms with Gasteiger partial charge in [-0.1, -0.05) is 29.8 Å². The first-order valence-electron chi connectivity index (χ1n) is 6.59. The topological polar surface area (TPSA) is 54.9 Å². The molecule has 4 nitrogen and oxygen atoms in total. The fourth-order valence-electron chi connectivity index (χ4n) is 2.09. The fraction of sp³-hybridized carbons (Fsp3) is 0.0625. The first-order chi connectivity index (χ1) is 10.7. The first kappa shape index (κ1) is 14.7. The van der Waals surface area contributed by atoms with E-state index in [0.717, 1.165) is 11.3 Å². The van der Waals surface area contributed by atoms with Gasteiger partial charge in [-0.2, -0.15) is 0 Å². The molecule has 0 aliphatic carbocycles. The Hall–Kier alpha value is -2.24. The summed E-state index contributed by atoms with van der Waals surface area (Å²) in [5.41, 5.74) is 3.64. The molecule has 0 bridgehead atoms. The third kappa shape index (κ3) is 3.32. The minimum absolute atomic E-state index is 0.239. The summed E-state index contributed by atoms with van der Waals surface area (Å²) in [6, 6.07) is 12.6. The normalized spacial score (nSPS) is 11.9.